The topological polar surface area (TPSA) is 108 Å². The van der Waals surface area contributed by atoms with Crippen molar-refractivity contribution >= 4 is 35.2 Å². The molecule has 0 unspecified atom stereocenters. The van der Waals surface area contributed by atoms with Crippen LogP contribution in [-0.4, -0.2) is 37.3 Å². The van der Waals surface area contributed by atoms with Crippen molar-refractivity contribution in [1.29, 1.82) is 0 Å². The molecule has 2 amide bonds. The summed E-state index contributed by atoms with van der Waals surface area (Å²) in [5, 5.41) is -0.533. The maximum absolute atomic E-state index is 13.6. The number of rotatable bonds is 3. The molecule has 2 N–H and O–H groups in total. The molecule has 31 heavy (non-hydrogen) atoms. The number of anilines is 1. The highest BCUT2D eigenvalue weighted by Crippen LogP contribution is 2.54. The quantitative estimate of drug-likeness (QED) is 0.441. The van der Waals surface area contributed by atoms with Gasteiger partial charge in [0.2, 0.25) is 11.8 Å². The molecule has 3 aliphatic rings. The minimum Gasteiger partial charge on any atom is -0.493 e. The number of benzene rings is 2. The van der Waals surface area contributed by atoms with Gasteiger partial charge in [0, 0.05) is 17.5 Å². The van der Waals surface area contributed by atoms with E-state index in [1.165, 1.54) is 14.2 Å². The number of hydrogen-bond donors (Lipinski definition) is 1. The molecule has 3 atom stereocenters. The van der Waals surface area contributed by atoms with Crippen LogP contribution in [0.15, 0.2) is 53.1 Å². The van der Waals surface area contributed by atoms with Crippen LogP contribution in [0, 0.1) is 5.92 Å². The number of esters is 1. The van der Waals surface area contributed by atoms with Crippen LogP contribution in [0.1, 0.15) is 11.5 Å². The molecule has 0 aromatic heterocycles. The Morgan fingerprint density at radius 3 is 2.48 bits per heavy atom. The molecule has 1 fully saturated rings. The van der Waals surface area contributed by atoms with E-state index in [2.05, 4.69) is 0 Å². The van der Waals surface area contributed by atoms with Crippen LogP contribution in [0.5, 0.6) is 17.2 Å². The van der Waals surface area contributed by atoms with Crippen molar-refractivity contribution in [2.75, 3.05) is 19.1 Å². The Morgan fingerprint density at radius 1 is 1.00 bits per heavy atom. The van der Waals surface area contributed by atoms with Crippen LogP contribution in [0.4, 0.5) is 5.69 Å². The van der Waals surface area contributed by atoms with Crippen LogP contribution in [0.25, 0.3) is 0 Å². The number of ether oxygens (including phenoxy) is 3. The van der Waals surface area contributed by atoms with Crippen LogP contribution < -0.4 is 24.8 Å². The first kappa shape index (κ1) is 19.5. The van der Waals surface area contributed by atoms with E-state index in [1.54, 1.807) is 42.5 Å². The molecule has 5 rings (SSSR count). The second-order valence-corrected chi connectivity index (χ2v) is 8.48. The first-order chi connectivity index (χ1) is 15.0. The summed E-state index contributed by atoms with van der Waals surface area (Å²) in [4.78, 5) is 40.7. The Morgan fingerprint density at radius 2 is 1.74 bits per heavy atom. The molecule has 8 nitrogen and oxygen atoms in total. The van der Waals surface area contributed by atoms with Gasteiger partial charge < -0.3 is 19.9 Å². The number of nitrogens with two attached hydrogens (primary N) is 1. The third kappa shape index (κ3) is 2.73. The van der Waals surface area contributed by atoms with Gasteiger partial charge in [-0.1, -0.05) is 30.0 Å². The highest BCUT2D eigenvalue weighted by Gasteiger charge is 2.58. The molecule has 3 aliphatic heterocycles. The van der Waals surface area contributed by atoms with Crippen LogP contribution >= 0.6 is 11.8 Å². The Hall–Kier alpha value is -3.46. The van der Waals surface area contributed by atoms with E-state index in [1.807, 2.05) is 0 Å². The number of fused-ring (bicyclic) bond motifs is 5. The van der Waals surface area contributed by atoms with Gasteiger partial charge in [0.25, 0.3) is 0 Å². The molecule has 3 heterocycles. The van der Waals surface area contributed by atoms with Crippen molar-refractivity contribution in [2.45, 2.75) is 11.2 Å². The number of nitrogens with zero attached hydrogens (tertiary/aromatic N) is 1. The lowest BCUT2D eigenvalue weighted by Gasteiger charge is -2.36. The summed E-state index contributed by atoms with van der Waals surface area (Å²) >= 11 is 1.04. The summed E-state index contributed by atoms with van der Waals surface area (Å²) in [7, 11) is 2.98. The highest BCUT2D eigenvalue weighted by molar-refractivity contribution is 8.04. The zero-order chi connectivity index (χ0) is 21.9. The lowest BCUT2D eigenvalue weighted by molar-refractivity contribution is -0.131. The van der Waals surface area contributed by atoms with E-state index in [0.29, 0.717) is 28.5 Å². The smallest absolute Gasteiger partial charge is 0.342 e. The summed E-state index contributed by atoms with van der Waals surface area (Å²) in [5.41, 5.74) is 7.47. The van der Waals surface area contributed by atoms with Gasteiger partial charge in [0.1, 0.15) is 11.0 Å². The molecule has 0 bridgehead atoms. The minimum atomic E-state index is -0.776. The maximum atomic E-state index is 13.6. The Labute approximate surface area is 181 Å². The summed E-state index contributed by atoms with van der Waals surface area (Å²) in [6, 6.07) is 11.9. The summed E-state index contributed by atoms with van der Waals surface area (Å²) in [5.74, 6) is -1.53. The minimum absolute atomic E-state index is 0.209. The van der Waals surface area contributed by atoms with Gasteiger partial charge in [-0.2, -0.15) is 0 Å². The number of thioether (sulfide) groups is 1. The fourth-order valence-corrected chi connectivity index (χ4v) is 5.66. The van der Waals surface area contributed by atoms with Crippen molar-refractivity contribution < 1.29 is 28.6 Å². The number of methoxy groups -OCH3 is 2. The predicted octanol–water partition coefficient (Wildman–Crippen LogP) is 2.18. The van der Waals surface area contributed by atoms with Crippen LogP contribution in [0.2, 0.25) is 0 Å². The summed E-state index contributed by atoms with van der Waals surface area (Å²) < 4.78 is 16.0. The van der Waals surface area contributed by atoms with Crippen molar-refractivity contribution in [3.8, 4) is 17.2 Å². The third-order valence-corrected chi connectivity index (χ3v) is 7.01. The van der Waals surface area contributed by atoms with Crippen molar-refractivity contribution in [1.82, 2.24) is 0 Å². The highest BCUT2D eigenvalue weighted by atomic mass is 32.2. The molecular weight excluding hydrogens is 420 g/mol. The summed E-state index contributed by atoms with van der Waals surface area (Å²) in [6.45, 7) is 0. The Bertz CT molecular complexity index is 1180. The maximum Gasteiger partial charge on any atom is 0.342 e. The number of amides is 2. The largest absolute Gasteiger partial charge is 0.493 e. The molecule has 2 aromatic carbocycles. The monoisotopic (exact) mass is 438 g/mol. The fraction of sp³-hybridized carbons (Fsp3) is 0.227. The van der Waals surface area contributed by atoms with E-state index in [9.17, 15) is 14.4 Å². The van der Waals surface area contributed by atoms with Crippen molar-refractivity contribution in [3.63, 3.8) is 0 Å². The number of para-hydroxylation sites is 1. The second-order valence-electron chi connectivity index (χ2n) is 7.30. The SMILES string of the molecule is COc1ccc(N2C(=O)[C@@H]3[C@@H]4C(=C(N)S[C@H]3C2=O)C(=O)Oc2ccccc24)cc1OC. The Kier molecular flexibility index (Phi) is 4.44. The Balaban J connectivity index is 1.62. The van der Waals surface area contributed by atoms with Gasteiger partial charge in [-0.25, -0.2) is 9.69 Å². The standard InChI is InChI=1S/C22H18N2O6S/c1-28-13-8-7-10(9-14(13)29-2)24-20(25)16-15-11-5-3-4-6-12(11)30-22(27)17(15)19(23)31-18(16)21(24)26/h3-9,15-16,18H,23H2,1-2H3/t15-,16-,18-/m1/s1. The van der Waals surface area contributed by atoms with Gasteiger partial charge in [-0.3, -0.25) is 9.59 Å². The van der Waals surface area contributed by atoms with E-state index in [0.717, 1.165) is 16.7 Å². The zero-order valence-electron chi connectivity index (χ0n) is 16.7. The van der Waals surface area contributed by atoms with Gasteiger partial charge in [-0.05, 0) is 18.2 Å². The molecular formula is C22H18N2O6S. The molecule has 0 radical (unpaired) electrons. The van der Waals surface area contributed by atoms with E-state index in [4.69, 9.17) is 19.9 Å². The van der Waals surface area contributed by atoms with Gasteiger partial charge in [0.15, 0.2) is 11.5 Å². The van der Waals surface area contributed by atoms with Crippen molar-refractivity contribution in [3.05, 3.63) is 58.6 Å². The molecule has 1 saturated heterocycles. The average molecular weight is 438 g/mol. The molecule has 9 heteroatoms. The summed E-state index contributed by atoms with van der Waals surface area (Å²) in [6.07, 6.45) is 0. The molecule has 0 aliphatic carbocycles. The average Bonchev–Trinajstić information content (AvgIpc) is 3.02. The number of hydrogen-bond acceptors (Lipinski definition) is 8. The van der Waals surface area contributed by atoms with Crippen molar-refractivity contribution in [2.24, 2.45) is 11.7 Å². The molecule has 2 aromatic rings. The van der Waals surface area contributed by atoms with Gasteiger partial charge in [-0.15, -0.1) is 0 Å². The van der Waals surface area contributed by atoms with E-state index >= 15 is 0 Å². The van der Waals surface area contributed by atoms with Gasteiger partial charge >= 0.3 is 5.97 Å². The second kappa shape index (κ2) is 7.05. The van der Waals surface area contributed by atoms with Crippen LogP contribution in [-0.2, 0) is 14.4 Å². The number of carbonyl (C=O) groups is 3. The van der Waals surface area contributed by atoms with Crippen LogP contribution in [0.3, 0.4) is 0 Å². The zero-order valence-corrected chi connectivity index (χ0v) is 17.5. The molecule has 0 spiro atoms. The van der Waals surface area contributed by atoms with E-state index < -0.39 is 29.0 Å². The molecule has 0 saturated carbocycles. The molecule has 158 valence electrons. The first-order valence-corrected chi connectivity index (χ1v) is 10.4. The first-order valence-electron chi connectivity index (χ1n) is 9.53. The normalized spacial score (nSPS) is 24.4. The van der Waals surface area contributed by atoms with Gasteiger partial charge in [0.05, 0.1) is 36.4 Å². The third-order valence-electron chi connectivity index (χ3n) is 5.79. The van der Waals surface area contributed by atoms with E-state index in [-0.39, 0.29) is 16.5 Å². The predicted molar refractivity (Wildman–Crippen MR) is 113 cm³/mol. The lowest BCUT2D eigenvalue weighted by atomic mass is 9.77. The lowest BCUT2D eigenvalue weighted by Crippen LogP contribution is -2.39. The number of carbonyl (C=O) groups excluding carboxylic acids is 3. The number of imide groups is 1. The fourth-order valence-electron chi connectivity index (χ4n) is 4.42.